The van der Waals surface area contributed by atoms with Gasteiger partial charge in [-0.15, -0.1) is 0 Å². The number of pyridine rings is 1. The van der Waals surface area contributed by atoms with Gasteiger partial charge in [-0.3, -0.25) is 4.98 Å². The maximum Gasteiger partial charge on any atom is 0.136 e. The summed E-state index contributed by atoms with van der Waals surface area (Å²) in [7, 11) is 0. The first-order valence-corrected chi connectivity index (χ1v) is 5.26. The Kier molecular flexibility index (Phi) is 2.73. The molecule has 78 valence electrons. The molecule has 0 radical (unpaired) electrons. The molecule has 3 nitrogen and oxygen atoms in total. The van der Waals surface area contributed by atoms with Crippen molar-refractivity contribution in [1.29, 1.82) is 0 Å². The average molecular weight is 222 g/mol. The summed E-state index contributed by atoms with van der Waals surface area (Å²) >= 11 is 6.21. The second kappa shape index (κ2) is 4.03. The maximum atomic E-state index is 6.21. The summed E-state index contributed by atoms with van der Waals surface area (Å²) in [4.78, 5) is 3.97. The van der Waals surface area contributed by atoms with Gasteiger partial charge in [-0.1, -0.05) is 18.5 Å². The molecule has 2 heterocycles. The van der Waals surface area contributed by atoms with E-state index in [1.54, 1.807) is 17.1 Å². The Hall–Kier alpha value is -1.35. The highest BCUT2D eigenvalue weighted by Gasteiger charge is 2.11. The van der Waals surface area contributed by atoms with Crippen molar-refractivity contribution >= 4 is 11.6 Å². The Balaban J connectivity index is 2.55. The van der Waals surface area contributed by atoms with Crippen LogP contribution in [-0.4, -0.2) is 14.8 Å². The van der Waals surface area contributed by atoms with Crippen molar-refractivity contribution in [2.45, 2.75) is 20.3 Å². The topological polar surface area (TPSA) is 30.7 Å². The zero-order valence-electron chi connectivity index (χ0n) is 8.74. The monoisotopic (exact) mass is 221 g/mol. The molecule has 2 aromatic heterocycles. The van der Waals surface area contributed by atoms with E-state index >= 15 is 0 Å². The number of nitrogens with zero attached hydrogens (tertiary/aromatic N) is 3. The lowest BCUT2D eigenvalue weighted by Gasteiger charge is -2.01. The van der Waals surface area contributed by atoms with E-state index in [9.17, 15) is 0 Å². The van der Waals surface area contributed by atoms with E-state index < -0.39 is 0 Å². The molecular formula is C11H12ClN3. The Bertz CT molecular complexity index is 462. The van der Waals surface area contributed by atoms with Crippen LogP contribution in [0.2, 0.25) is 5.15 Å². The van der Waals surface area contributed by atoms with Crippen LogP contribution in [0.3, 0.4) is 0 Å². The van der Waals surface area contributed by atoms with Crippen molar-refractivity contribution in [2.75, 3.05) is 0 Å². The van der Waals surface area contributed by atoms with Crippen molar-refractivity contribution in [2.24, 2.45) is 0 Å². The molecule has 0 saturated carbocycles. The average Bonchev–Trinajstić information content (AvgIpc) is 2.57. The molecule has 0 aromatic carbocycles. The van der Waals surface area contributed by atoms with E-state index in [2.05, 4.69) is 17.0 Å². The van der Waals surface area contributed by atoms with Gasteiger partial charge in [0.25, 0.3) is 0 Å². The summed E-state index contributed by atoms with van der Waals surface area (Å²) in [5.74, 6) is 0. The summed E-state index contributed by atoms with van der Waals surface area (Å²) < 4.78 is 1.75. The summed E-state index contributed by atoms with van der Waals surface area (Å²) in [6.07, 6.45) is 4.35. The summed E-state index contributed by atoms with van der Waals surface area (Å²) in [5, 5.41) is 5.13. The standard InChI is InChI=1S/C11H12ClN3/c1-3-10-8(2)11(12)15(14-10)9-4-6-13-7-5-9/h4-7H,3H2,1-2H3. The van der Waals surface area contributed by atoms with Crippen LogP contribution in [0.15, 0.2) is 24.5 Å². The lowest BCUT2D eigenvalue weighted by molar-refractivity contribution is 0.840. The van der Waals surface area contributed by atoms with Gasteiger partial charge in [0.15, 0.2) is 0 Å². The van der Waals surface area contributed by atoms with Crippen molar-refractivity contribution < 1.29 is 0 Å². The Labute approximate surface area is 93.7 Å². The highest BCUT2D eigenvalue weighted by atomic mass is 35.5. The van der Waals surface area contributed by atoms with E-state index in [1.807, 2.05) is 19.1 Å². The molecule has 0 saturated heterocycles. The van der Waals surface area contributed by atoms with Crippen LogP contribution in [-0.2, 0) is 6.42 Å². The smallest absolute Gasteiger partial charge is 0.136 e. The summed E-state index contributed by atoms with van der Waals surface area (Å²) in [6.45, 7) is 4.06. The number of hydrogen-bond acceptors (Lipinski definition) is 2. The van der Waals surface area contributed by atoms with Crippen LogP contribution >= 0.6 is 11.6 Å². The minimum absolute atomic E-state index is 0.679. The molecule has 0 atom stereocenters. The van der Waals surface area contributed by atoms with E-state index in [1.165, 1.54) is 0 Å². The summed E-state index contributed by atoms with van der Waals surface area (Å²) in [5.41, 5.74) is 3.03. The first-order valence-electron chi connectivity index (χ1n) is 4.88. The molecule has 0 aliphatic carbocycles. The molecule has 0 aliphatic heterocycles. The third-order valence-electron chi connectivity index (χ3n) is 2.39. The van der Waals surface area contributed by atoms with E-state index in [4.69, 9.17) is 11.6 Å². The molecule has 2 rings (SSSR count). The van der Waals surface area contributed by atoms with Gasteiger partial charge in [0, 0.05) is 18.0 Å². The fraction of sp³-hybridized carbons (Fsp3) is 0.273. The van der Waals surface area contributed by atoms with Crippen molar-refractivity contribution in [3.05, 3.63) is 40.9 Å². The van der Waals surface area contributed by atoms with Gasteiger partial charge in [-0.25, -0.2) is 4.68 Å². The van der Waals surface area contributed by atoms with Crippen molar-refractivity contribution in [1.82, 2.24) is 14.8 Å². The minimum atomic E-state index is 0.679. The second-order valence-corrected chi connectivity index (χ2v) is 3.69. The van der Waals surface area contributed by atoms with E-state index in [0.717, 1.165) is 23.4 Å². The van der Waals surface area contributed by atoms with Crippen LogP contribution in [0.4, 0.5) is 0 Å². The van der Waals surface area contributed by atoms with Gasteiger partial charge < -0.3 is 0 Å². The van der Waals surface area contributed by atoms with Crippen LogP contribution < -0.4 is 0 Å². The zero-order valence-corrected chi connectivity index (χ0v) is 9.49. The van der Waals surface area contributed by atoms with Gasteiger partial charge in [0.2, 0.25) is 0 Å². The van der Waals surface area contributed by atoms with Crippen LogP contribution in [0, 0.1) is 6.92 Å². The van der Waals surface area contributed by atoms with Crippen LogP contribution in [0.1, 0.15) is 18.2 Å². The van der Waals surface area contributed by atoms with Gasteiger partial charge in [0.1, 0.15) is 5.15 Å². The lowest BCUT2D eigenvalue weighted by Crippen LogP contribution is -1.97. The molecule has 4 heteroatoms. The Morgan fingerprint density at radius 3 is 2.53 bits per heavy atom. The number of aryl methyl sites for hydroxylation is 1. The molecule has 15 heavy (non-hydrogen) atoms. The Morgan fingerprint density at radius 2 is 2.00 bits per heavy atom. The highest BCUT2D eigenvalue weighted by molar-refractivity contribution is 6.30. The first-order chi connectivity index (χ1) is 7.24. The van der Waals surface area contributed by atoms with Crippen molar-refractivity contribution in [3.8, 4) is 5.69 Å². The fourth-order valence-electron chi connectivity index (χ4n) is 1.51. The highest BCUT2D eigenvalue weighted by Crippen LogP contribution is 2.22. The number of aromatic nitrogens is 3. The van der Waals surface area contributed by atoms with Gasteiger partial charge in [-0.2, -0.15) is 5.10 Å². The van der Waals surface area contributed by atoms with Gasteiger partial charge >= 0.3 is 0 Å². The lowest BCUT2D eigenvalue weighted by atomic mass is 10.2. The van der Waals surface area contributed by atoms with E-state index in [-0.39, 0.29) is 0 Å². The number of halogens is 1. The molecule has 0 spiro atoms. The predicted octanol–water partition coefficient (Wildman–Crippen LogP) is 2.79. The maximum absolute atomic E-state index is 6.21. The van der Waals surface area contributed by atoms with Crippen molar-refractivity contribution in [3.63, 3.8) is 0 Å². The number of rotatable bonds is 2. The third-order valence-corrected chi connectivity index (χ3v) is 2.83. The SMILES string of the molecule is CCc1nn(-c2ccncc2)c(Cl)c1C. The molecule has 0 bridgehead atoms. The molecule has 0 fully saturated rings. The normalized spacial score (nSPS) is 10.6. The molecular weight excluding hydrogens is 210 g/mol. The predicted molar refractivity (Wildman–Crippen MR) is 60.5 cm³/mol. The van der Waals surface area contributed by atoms with Gasteiger partial charge in [-0.05, 0) is 25.5 Å². The molecule has 0 unspecified atom stereocenters. The van der Waals surface area contributed by atoms with E-state index in [0.29, 0.717) is 5.15 Å². The Morgan fingerprint density at radius 1 is 1.33 bits per heavy atom. The molecule has 0 N–H and O–H groups in total. The zero-order chi connectivity index (χ0) is 10.8. The second-order valence-electron chi connectivity index (χ2n) is 3.33. The minimum Gasteiger partial charge on any atom is -0.265 e. The molecule has 0 aliphatic rings. The fourth-order valence-corrected chi connectivity index (χ4v) is 1.75. The quantitative estimate of drug-likeness (QED) is 0.781. The first kappa shape index (κ1) is 10.2. The number of hydrogen-bond donors (Lipinski definition) is 0. The molecule has 2 aromatic rings. The van der Waals surface area contributed by atoms with Crippen LogP contribution in [0.25, 0.3) is 5.69 Å². The van der Waals surface area contributed by atoms with Gasteiger partial charge in [0.05, 0.1) is 11.4 Å². The summed E-state index contributed by atoms with van der Waals surface area (Å²) in [6, 6.07) is 3.77. The molecule has 0 amide bonds. The van der Waals surface area contributed by atoms with Crippen LogP contribution in [0.5, 0.6) is 0 Å². The largest absolute Gasteiger partial charge is 0.265 e. The third kappa shape index (κ3) is 1.75.